The lowest BCUT2D eigenvalue weighted by atomic mass is 10.2. The van der Waals surface area contributed by atoms with Crippen LogP contribution < -0.4 is 21.7 Å². The fraction of sp³-hybridized carbons (Fsp3) is 0.914. The monoisotopic (exact) mass is 786 g/mol. The lowest BCUT2D eigenvalue weighted by molar-refractivity contribution is -0.123. The molecule has 3 amide bonds. The number of amides is 3. The van der Waals surface area contributed by atoms with E-state index in [1.165, 1.54) is 0 Å². The van der Waals surface area contributed by atoms with Crippen LogP contribution in [0.2, 0.25) is 0 Å². The van der Waals surface area contributed by atoms with Crippen molar-refractivity contribution in [2.24, 2.45) is 11.7 Å². The third kappa shape index (κ3) is 41.1. The van der Waals surface area contributed by atoms with Crippen molar-refractivity contribution in [2.75, 3.05) is 186 Å². The number of ether oxygens (including phenoxy) is 12. The van der Waals surface area contributed by atoms with Crippen LogP contribution in [0.25, 0.3) is 0 Å². The summed E-state index contributed by atoms with van der Waals surface area (Å²) in [5.74, 6) is -0.643. The topological polar surface area (TPSA) is 224 Å². The molecule has 0 radical (unpaired) electrons. The average Bonchev–Trinajstić information content (AvgIpc) is 3.17. The van der Waals surface area contributed by atoms with Crippen molar-refractivity contribution in [1.82, 2.24) is 16.0 Å². The number of nitrogens with one attached hydrogen (secondary N) is 3. The number of methoxy groups -OCH3 is 2. The molecule has 0 aliphatic carbocycles. The molecule has 0 atom stereocenters. The normalized spacial score (nSPS) is 11.3. The standard InChI is InChI=1S/C35H70N4O15/c1-43-17-19-49-26-22-46-14-7-37-33(40)3-10-52-29-32(30-53-11-4-34(41)38-8-15-47-23-27-50-20-18-44-2)31-54-12-5-35(42)39-9-16-48-24-28-51-25-21-45-13-6-36/h32H,3-31,36H2,1-2H3,(H,37,40)(H,38,41)(H,39,42). The van der Waals surface area contributed by atoms with E-state index in [-0.39, 0.29) is 82.5 Å². The third-order valence-corrected chi connectivity index (χ3v) is 6.80. The summed E-state index contributed by atoms with van der Waals surface area (Å²) >= 11 is 0. The summed E-state index contributed by atoms with van der Waals surface area (Å²) in [5, 5.41) is 8.37. The molecule has 0 aliphatic rings. The number of hydrogen-bond donors (Lipinski definition) is 4. The highest BCUT2D eigenvalue weighted by atomic mass is 16.6. The Morgan fingerprint density at radius 2 is 0.667 bits per heavy atom. The van der Waals surface area contributed by atoms with Gasteiger partial charge < -0.3 is 78.5 Å². The number of carbonyl (C=O) groups excluding carboxylic acids is 3. The van der Waals surface area contributed by atoms with Crippen molar-refractivity contribution < 1.29 is 71.2 Å². The maximum atomic E-state index is 12.2. The molecule has 320 valence electrons. The lowest BCUT2D eigenvalue weighted by Crippen LogP contribution is -2.30. The van der Waals surface area contributed by atoms with Gasteiger partial charge in [0.15, 0.2) is 0 Å². The number of nitrogens with two attached hydrogens (primary N) is 1. The van der Waals surface area contributed by atoms with Crippen LogP contribution in [0.3, 0.4) is 0 Å². The van der Waals surface area contributed by atoms with Gasteiger partial charge in [-0.15, -0.1) is 0 Å². The van der Waals surface area contributed by atoms with E-state index in [2.05, 4.69) is 16.0 Å². The molecule has 0 saturated heterocycles. The van der Waals surface area contributed by atoms with Gasteiger partial charge in [-0.2, -0.15) is 0 Å². The Hall–Kier alpha value is -2.11. The Morgan fingerprint density at radius 1 is 0.389 bits per heavy atom. The summed E-state index contributed by atoms with van der Waals surface area (Å²) < 4.78 is 64.6. The maximum absolute atomic E-state index is 12.2. The molecule has 0 saturated carbocycles. The van der Waals surface area contributed by atoms with Crippen molar-refractivity contribution >= 4 is 17.7 Å². The van der Waals surface area contributed by atoms with Crippen molar-refractivity contribution in [3.05, 3.63) is 0 Å². The van der Waals surface area contributed by atoms with Gasteiger partial charge in [-0.3, -0.25) is 14.4 Å². The van der Waals surface area contributed by atoms with Gasteiger partial charge in [0.1, 0.15) is 0 Å². The molecular formula is C35H70N4O15. The van der Waals surface area contributed by atoms with Crippen LogP contribution in [0.15, 0.2) is 0 Å². The predicted octanol–water partition coefficient (Wildman–Crippen LogP) is -1.46. The predicted molar refractivity (Wildman–Crippen MR) is 197 cm³/mol. The number of rotatable bonds is 44. The molecule has 0 bridgehead atoms. The Bertz CT molecular complexity index is 794. The van der Waals surface area contributed by atoms with Crippen molar-refractivity contribution in [3.63, 3.8) is 0 Å². The molecule has 5 N–H and O–H groups in total. The first-order valence-electron chi connectivity index (χ1n) is 18.8. The molecular weight excluding hydrogens is 716 g/mol. The number of hydrogen-bond acceptors (Lipinski definition) is 16. The van der Waals surface area contributed by atoms with Crippen molar-refractivity contribution in [2.45, 2.75) is 19.3 Å². The minimum atomic E-state index is -0.180. The minimum Gasteiger partial charge on any atom is -0.382 e. The Kier molecular flexibility index (Phi) is 41.9. The minimum absolute atomic E-state index is 0.153. The van der Waals surface area contributed by atoms with Crippen LogP contribution >= 0.6 is 0 Å². The molecule has 19 heteroatoms. The Labute approximate surface area is 321 Å². The smallest absolute Gasteiger partial charge is 0.222 e. The zero-order valence-corrected chi connectivity index (χ0v) is 32.8. The number of carbonyl (C=O) groups is 3. The summed E-state index contributed by atoms with van der Waals surface area (Å²) in [4.78, 5) is 36.5. The fourth-order valence-electron chi connectivity index (χ4n) is 4.00. The van der Waals surface area contributed by atoms with E-state index in [9.17, 15) is 14.4 Å². The van der Waals surface area contributed by atoms with Crippen LogP contribution in [0.1, 0.15) is 19.3 Å². The van der Waals surface area contributed by atoms with E-state index in [1.54, 1.807) is 14.2 Å². The van der Waals surface area contributed by atoms with Gasteiger partial charge in [0, 0.05) is 65.6 Å². The highest BCUT2D eigenvalue weighted by Gasteiger charge is 2.13. The molecule has 0 heterocycles. The Balaban J connectivity index is 4.25. The molecule has 0 aromatic rings. The molecule has 0 aromatic carbocycles. The van der Waals surface area contributed by atoms with Crippen molar-refractivity contribution in [3.8, 4) is 0 Å². The summed E-state index contributed by atoms with van der Waals surface area (Å²) in [6.07, 6.45) is 0.538. The summed E-state index contributed by atoms with van der Waals surface area (Å²) in [5.41, 5.74) is 5.35. The van der Waals surface area contributed by atoms with Gasteiger partial charge in [0.25, 0.3) is 0 Å². The quantitative estimate of drug-likeness (QED) is 0.0518. The van der Waals surface area contributed by atoms with Gasteiger partial charge >= 0.3 is 0 Å². The van der Waals surface area contributed by atoms with Crippen LogP contribution in [0, 0.1) is 5.92 Å². The van der Waals surface area contributed by atoms with Crippen molar-refractivity contribution in [1.29, 1.82) is 0 Å². The first kappa shape index (κ1) is 51.9. The average molecular weight is 787 g/mol. The fourth-order valence-corrected chi connectivity index (χ4v) is 4.00. The lowest BCUT2D eigenvalue weighted by Gasteiger charge is -2.18. The van der Waals surface area contributed by atoms with Gasteiger partial charge in [-0.1, -0.05) is 0 Å². The van der Waals surface area contributed by atoms with E-state index in [1.807, 2.05) is 0 Å². The van der Waals surface area contributed by atoms with E-state index in [4.69, 9.17) is 62.6 Å². The van der Waals surface area contributed by atoms with Gasteiger partial charge in [0.2, 0.25) is 17.7 Å². The van der Waals surface area contributed by atoms with Gasteiger partial charge in [-0.05, 0) is 0 Å². The summed E-state index contributed by atoms with van der Waals surface area (Å²) in [6, 6.07) is 0. The van der Waals surface area contributed by atoms with E-state index < -0.39 is 0 Å². The molecule has 0 aliphatic heterocycles. The second-order valence-electron chi connectivity index (χ2n) is 11.5. The zero-order chi connectivity index (χ0) is 39.4. The Morgan fingerprint density at radius 3 is 0.963 bits per heavy atom. The second-order valence-corrected chi connectivity index (χ2v) is 11.5. The molecule has 54 heavy (non-hydrogen) atoms. The molecule has 0 fully saturated rings. The SMILES string of the molecule is COCCOCCOCCNC(=O)CCOCC(COCCC(=O)NCCOCCOCCOC)COCCC(=O)NCCOCCOCCOCCN. The second kappa shape index (κ2) is 43.6. The van der Waals surface area contributed by atoms with Gasteiger partial charge in [0.05, 0.1) is 145 Å². The molecule has 0 rings (SSSR count). The maximum Gasteiger partial charge on any atom is 0.222 e. The van der Waals surface area contributed by atoms with E-state index in [0.717, 1.165) is 0 Å². The first-order valence-corrected chi connectivity index (χ1v) is 18.8. The largest absolute Gasteiger partial charge is 0.382 e. The summed E-state index contributed by atoms with van der Waals surface area (Å²) in [7, 11) is 3.22. The summed E-state index contributed by atoms with van der Waals surface area (Å²) in [6.45, 7) is 10.4. The highest BCUT2D eigenvalue weighted by Crippen LogP contribution is 2.03. The van der Waals surface area contributed by atoms with E-state index >= 15 is 0 Å². The zero-order valence-electron chi connectivity index (χ0n) is 32.8. The van der Waals surface area contributed by atoms with Crippen LogP contribution in [0.4, 0.5) is 0 Å². The molecule has 0 unspecified atom stereocenters. The van der Waals surface area contributed by atoms with E-state index in [0.29, 0.717) is 132 Å². The molecule has 19 nitrogen and oxygen atoms in total. The van der Waals surface area contributed by atoms with Crippen LogP contribution in [-0.4, -0.2) is 203 Å². The van der Waals surface area contributed by atoms with Crippen LogP contribution in [0.5, 0.6) is 0 Å². The first-order chi connectivity index (χ1) is 26.5. The third-order valence-electron chi connectivity index (χ3n) is 6.80. The van der Waals surface area contributed by atoms with Gasteiger partial charge in [-0.25, -0.2) is 0 Å². The molecule has 0 aromatic heterocycles. The highest BCUT2D eigenvalue weighted by molar-refractivity contribution is 5.76. The van der Waals surface area contributed by atoms with Crippen LogP contribution in [-0.2, 0) is 71.2 Å². The molecule has 0 spiro atoms.